The molecule has 0 heterocycles. The van der Waals surface area contributed by atoms with Crippen LogP contribution in [0.3, 0.4) is 0 Å². The van der Waals surface area contributed by atoms with Gasteiger partial charge in [-0.3, -0.25) is 4.79 Å². The second-order valence-corrected chi connectivity index (χ2v) is 8.35. The SMILES string of the molecule is CC(=O)OCC12CCC(O)C1(C)CCC1C(C2O)C1(C)C. The van der Waals surface area contributed by atoms with Crippen molar-refractivity contribution in [3.05, 3.63) is 0 Å². The van der Waals surface area contributed by atoms with Gasteiger partial charge in [0.2, 0.25) is 0 Å². The van der Waals surface area contributed by atoms with Crippen LogP contribution in [0.5, 0.6) is 0 Å². The maximum Gasteiger partial charge on any atom is 0.302 e. The van der Waals surface area contributed by atoms with Gasteiger partial charge in [-0.15, -0.1) is 0 Å². The minimum absolute atomic E-state index is 0.164. The maximum atomic E-state index is 11.3. The smallest absolute Gasteiger partial charge is 0.302 e. The molecule has 21 heavy (non-hydrogen) atoms. The lowest BCUT2D eigenvalue weighted by Gasteiger charge is -2.47. The van der Waals surface area contributed by atoms with E-state index in [0.29, 0.717) is 12.3 Å². The standard InChI is InChI=1S/C17H28O4/c1-10(18)21-9-17-8-6-12(19)16(17,4)7-5-11-13(14(17)20)15(11,2)3/h11-14,19-20H,5-9H2,1-4H3. The Bertz CT molecular complexity index is 460. The van der Waals surface area contributed by atoms with Gasteiger partial charge in [-0.05, 0) is 42.9 Å². The minimum Gasteiger partial charge on any atom is -0.465 e. The number of aliphatic hydroxyl groups excluding tert-OH is 2. The van der Waals surface area contributed by atoms with Crippen molar-refractivity contribution in [2.75, 3.05) is 6.61 Å². The van der Waals surface area contributed by atoms with Crippen molar-refractivity contribution < 1.29 is 19.7 Å². The summed E-state index contributed by atoms with van der Waals surface area (Å²) in [6.45, 7) is 8.16. The molecular weight excluding hydrogens is 268 g/mol. The number of hydrogen-bond donors (Lipinski definition) is 2. The Kier molecular flexibility index (Phi) is 3.24. The van der Waals surface area contributed by atoms with Crippen molar-refractivity contribution in [3.63, 3.8) is 0 Å². The lowest BCUT2D eigenvalue weighted by atomic mass is 9.60. The molecule has 3 rings (SSSR count). The summed E-state index contributed by atoms with van der Waals surface area (Å²) in [5.41, 5.74) is -0.686. The molecule has 0 radical (unpaired) electrons. The monoisotopic (exact) mass is 296 g/mol. The lowest BCUT2D eigenvalue weighted by Crippen LogP contribution is -2.52. The third kappa shape index (κ3) is 1.84. The summed E-state index contributed by atoms with van der Waals surface area (Å²) in [6.07, 6.45) is 2.46. The van der Waals surface area contributed by atoms with Gasteiger partial charge in [0.05, 0.1) is 18.8 Å². The molecule has 0 bridgehead atoms. The van der Waals surface area contributed by atoms with Gasteiger partial charge < -0.3 is 14.9 Å². The van der Waals surface area contributed by atoms with Crippen LogP contribution in [0.1, 0.15) is 53.4 Å². The molecule has 4 heteroatoms. The summed E-state index contributed by atoms with van der Waals surface area (Å²) in [7, 11) is 0. The van der Waals surface area contributed by atoms with E-state index in [2.05, 4.69) is 20.8 Å². The molecule has 3 saturated carbocycles. The zero-order valence-corrected chi connectivity index (χ0v) is 13.6. The Morgan fingerprint density at radius 3 is 2.48 bits per heavy atom. The highest BCUT2D eigenvalue weighted by Gasteiger charge is 2.72. The summed E-state index contributed by atoms with van der Waals surface area (Å²) in [4.78, 5) is 11.3. The highest BCUT2D eigenvalue weighted by Crippen LogP contribution is 2.72. The number of ether oxygens (including phenoxy) is 1. The molecule has 3 aliphatic rings. The molecule has 4 nitrogen and oxygen atoms in total. The van der Waals surface area contributed by atoms with Crippen molar-refractivity contribution in [2.45, 2.75) is 65.6 Å². The van der Waals surface area contributed by atoms with E-state index in [4.69, 9.17) is 4.74 Å². The first kappa shape index (κ1) is 15.3. The second-order valence-electron chi connectivity index (χ2n) is 8.35. The van der Waals surface area contributed by atoms with Crippen LogP contribution in [-0.2, 0) is 9.53 Å². The van der Waals surface area contributed by atoms with E-state index in [1.165, 1.54) is 6.92 Å². The molecule has 6 atom stereocenters. The van der Waals surface area contributed by atoms with Crippen LogP contribution in [0.15, 0.2) is 0 Å². The molecule has 3 fully saturated rings. The fourth-order valence-corrected chi connectivity index (χ4v) is 5.55. The second kappa shape index (κ2) is 4.45. The first-order valence-electron chi connectivity index (χ1n) is 8.16. The molecule has 0 aromatic carbocycles. The third-order valence-electron chi connectivity index (χ3n) is 7.29. The van der Waals surface area contributed by atoms with E-state index in [-0.39, 0.29) is 29.3 Å². The first-order chi connectivity index (χ1) is 9.67. The van der Waals surface area contributed by atoms with E-state index >= 15 is 0 Å². The van der Waals surface area contributed by atoms with Crippen molar-refractivity contribution in [2.24, 2.45) is 28.1 Å². The van der Waals surface area contributed by atoms with Gasteiger partial charge in [-0.2, -0.15) is 0 Å². The molecule has 0 amide bonds. The highest BCUT2D eigenvalue weighted by atomic mass is 16.5. The fraction of sp³-hybridized carbons (Fsp3) is 0.941. The molecule has 6 unspecified atom stereocenters. The van der Waals surface area contributed by atoms with Gasteiger partial charge >= 0.3 is 5.97 Å². The Labute approximate surface area is 126 Å². The van der Waals surface area contributed by atoms with Crippen LogP contribution in [0.4, 0.5) is 0 Å². The normalized spacial score (nSPS) is 50.8. The van der Waals surface area contributed by atoms with Gasteiger partial charge in [-0.25, -0.2) is 0 Å². The van der Waals surface area contributed by atoms with Crippen LogP contribution >= 0.6 is 0 Å². The first-order valence-corrected chi connectivity index (χ1v) is 8.16. The number of hydrogen-bond acceptors (Lipinski definition) is 4. The van der Waals surface area contributed by atoms with Crippen molar-refractivity contribution in [1.29, 1.82) is 0 Å². The maximum absolute atomic E-state index is 11.3. The molecule has 0 aromatic rings. The molecule has 0 spiro atoms. The number of esters is 1. The van der Waals surface area contributed by atoms with E-state index in [1.807, 2.05) is 0 Å². The molecule has 2 N–H and O–H groups in total. The summed E-state index contributed by atoms with van der Waals surface area (Å²) in [6, 6.07) is 0. The van der Waals surface area contributed by atoms with E-state index < -0.39 is 17.6 Å². The van der Waals surface area contributed by atoms with E-state index in [9.17, 15) is 15.0 Å². The Morgan fingerprint density at radius 1 is 1.19 bits per heavy atom. The number of carbonyl (C=O) groups is 1. The van der Waals surface area contributed by atoms with E-state index in [1.54, 1.807) is 0 Å². The molecule has 0 saturated heterocycles. The van der Waals surface area contributed by atoms with E-state index in [0.717, 1.165) is 19.3 Å². The van der Waals surface area contributed by atoms with Gasteiger partial charge in [-0.1, -0.05) is 20.8 Å². The fourth-order valence-electron chi connectivity index (χ4n) is 5.55. The Morgan fingerprint density at radius 2 is 1.86 bits per heavy atom. The molecule has 0 aliphatic heterocycles. The topological polar surface area (TPSA) is 66.8 Å². The predicted octanol–water partition coefficient (Wildman–Crippen LogP) is 2.12. The zero-order chi connectivity index (χ0) is 15.6. The summed E-state index contributed by atoms with van der Waals surface area (Å²) in [5, 5.41) is 21.7. The Balaban J connectivity index is 1.98. The number of carbonyl (C=O) groups excluding carboxylic acids is 1. The third-order valence-corrected chi connectivity index (χ3v) is 7.29. The average Bonchev–Trinajstić information content (AvgIpc) is 2.88. The highest BCUT2D eigenvalue weighted by molar-refractivity contribution is 5.66. The number of rotatable bonds is 2. The van der Waals surface area contributed by atoms with Crippen LogP contribution in [0, 0.1) is 28.1 Å². The number of aliphatic hydroxyl groups is 2. The van der Waals surface area contributed by atoms with Crippen LogP contribution in [-0.4, -0.2) is 35.0 Å². The number of fused-ring (bicyclic) bond motifs is 2. The predicted molar refractivity (Wildman–Crippen MR) is 78.4 cm³/mol. The quantitative estimate of drug-likeness (QED) is 0.766. The van der Waals surface area contributed by atoms with Crippen molar-refractivity contribution in [1.82, 2.24) is 0 Å². The summed E-state index contributed by atoms with van der Waals surface area (Å²) >= 11 is 0. The van der Waals surface area contributed by atoms with Crippen molar-refractivity contribution >= 4 is 5.97 Å². The van der Waals surface area contributed by atoms with Crippen LogP contribution < -0.4 is 0 Å². The molecule has 120 valence electrons. The van der Waals surface area contributed by atoms with Gasteiger partial charge in [0, 0.05) is 17.8 Å². The summed E-state index contributed by atoms with van der Waals surface area (Å²) < 4.78 is 5.35. The summed E-state index contributed by atoms with van der Waals surface area (Å²) in [5.74, 6) is 0.479. The van der Waals surface area contributed by atoms with Crippen LogP contribution in [0.25, 0.3) is 0 Å². The van der Waals surface area contributed by atoms with Gasteiger partial charge in [0.25, 0.3) is 0 Å². The average molecular weight is 296 g/mol. The largest absolute Gasteiger partial charge is 0.465 e. The van der Waals surface area contributed by atoms with Crippen LogP contribution in [0.2, 0.25) is 0 Å². The Hall–Kier alpha value is -0.610. The molecule has 3 aliphatic carbocycles. The van der Waals surface area contributed by atoms with Gasteiger partial charge in [0.15, 0.2) is 0 Å². The molecule has 0 aromatic heterocycles. The lowest BCUT2D eigenvalue weighted by molar-refractivity contribution is -0.162. The minimum atomic E-state index is -0.499. The zero-order valence-electron chi connectivity index (χ0n) is 13.6. The molecular formula is C17H28O4. The van der Waals surface area contributed by atoms with Crippen molar-refractivity contribution in [3.8, 4) is 0 Å². The van der Waals surface area contributed by atoms with Gasteiger partial charge in [0.1, 0.15) is 0 Å².